The Bertz CT molecular complexity index is 447. The minimum atomic E-state index is -4.30. The third kappa shape index (κ3) is 2.68. The molecular weight excluding hydrogens is 268 g/mol. The third-order valence-corrected chi connectivity index (χ3v) is 2.47. The lowest BCUT2D eigenvalue weighted by Gasteiger charge is -2.15. The topological polar surface area (TPSA) is 55.1 Å². The second kappa shape index (κ2) is 4.52. The maximum absolute atomic E-state index is 12.8. The molecule has 0 bridgehead atoms. The largest absolute Gasteiger partial charge is 0.476 e. The molecule has 1 aromatic heterocycles. The van der Waals surface area contributed by atoms with Crippen LogP contribution in [-0.4, -0.2) is 33.2 Å². The molecular formula is C8H7ClF4N2O2. The van der Waals surface area contributed by atoms with E-state index in [0.29, 0.717) is 4.68 Å². The average Bonchev–Trinajstić information content (AvgIpc) is 2.45. The number of carboxylic acid groups (broad SMARTS) is 1. The number of aromatic carboxylic acids is 1. The van der Waals surface area contributed by atoms with Crippen molar-refractivity contribution in [1.29, 1.82) is 0 Å². The minimum Gasteiger partial charge on any atom is -0.476 e. The van der Waals surface area contributed by atoms with Crippen molar-refractivity contribution in [2.24, 2.45) is 0 Å². The number of nitrogens with zero attached hydrogens (tertiary/aromatic N) is 2. The predicted octanol–water partition coefficient (Wildman–Crippen LogP) is 2.44. The van der Waals surface area contributed by atoms with Gasteiger partial charge in [-0.2, -0.15) is 13.9 Å². The number of halogens is 5. The highest BCUT2D eigenvalue weighted by Gasteiger charge is 2.42. The van der Waals surface area contributed by atoms with E-state index in [0.717, 1.165) is 0 Å². The minimum absolute atomic E-state index is 0.107. The smallest absolute Gasteiger partial charge is 0.357 e. The van der Waals surface area contributed by atoms with E-state index in [2.05, 4.69) is 5.10 Å². The first-order chi connectivity index (χ1) is 7.66. The summed E-state index contributed by atoms with van der Waals surface area (Å²) in [5.41, 5.74) is -0.751. The Balaban J connectivity index is 3.09. The van der Waals surface area contributed by atoms with Crippen molar-refractivity contribution in [2.75, 3.05) is 0 Å². The molecule has 0 aromatic carbocycles. The summed E-state index contributed by atoms with van der Waals surface area (Å²) in [6.45, 7) is -0.215. The van der Waals surface area contributed by atoms with Gasteiger partial charge in [0.15, 0.2) is 5.69 Å². The Labute approximate surface area is 97.8 Å². The van der Waals surface area contributed by atoms with Gasteiger partial charge in [-0.05, 0) is 6.92 Å². The Hall–Kier alpha value is -1.31. The maximum atomic E-state index is 12.8. The lowest BCUT2D eigenvalue weighted by molar-refractivity contribution is -0.139. The number of hydrogen-bond acceptors (Lipinski definition) is 2. The summed E-state index contributed by atoms with van der Waals surface area (Å²) < 4.78 is 49.9. The summed E-state index contributed by atoms with van der Waals surface area (Å²) in [5.74, 6) is -5.81. The number of carboxylic acids is 1. The second-order valence-corrected chi connectivity index (χ2v) is 3.65. The van der Waals surface area contributed by atoms with Crippen LogP contribution in [0.4, 0.5) is 17.6 Å². The SMILES string of the molecule is Cc1c(Cl)c(C(=O)O)nn1CC(F)(F)C(F)F. The maximum Gasteiger partial charge on any atom is 0.357 e. The van der Waals surface area contributed by atoms with Crippen molar-refractivity contribution in [3.63, 3.8) is 0 Å². The van der Waals surface area contributed by atoms with Crippen LogP contribution in [0.1, 0.15) is 16.2 Å². The fourth-order valence-electron chi connectivity index (χ4n) is 1.08. The van der Waals surface area contributed by atoms with Gasteiger partial charge in [0.2, 0.25) is 0 Å². The third-order valence-electron chi connectivity index (χ3n) is 2.02. The number of carbonyl (C=O) groups is 1. The summed E-state index contributed by atoms with van der Waals surface area (Å²) in [5, 5.41) is 11.5. The van der Waals surface area contributed by atoms with Crippen molar-refractivity contribution in [2.45, 2.75) is 25.8 Å². The zero-order valence-corrected chi connectivity index (χ0v) is 9.18. The normalized spacial score (nSPS) is 12.2. The molecule has 0 radical (unpaired) electrons. The number of aromatic nitrogens is 2. The van der Waals surface area contributed by atoms with E-state index in [1.54, 1.807) is 0 Å². The molecule has 0 aliphatic rings. The van der Waals surface area contributed by atoms with Gasteiger partial charge in [-0.15, -0.1) is 0 Å². The molecule has 96 valence electrons. The first-order valence-electron chi connectivity index (χ1n) is 4.29. The van der Waals surface area contributed by atoms with Crippen LogP contribution in [0, 0.1) is 6.92 Å². The molecule has 1 aromatic rings. The molecule has 4 nitrogen and oxygen atoms in total. The fraction of sp³-hybridized carbons (Fsp3) is 0.500. The molecule has 0 saturated carbocycles. The van der Waals surface area contributed by atoms with Gasteiger partial charge in [-0.25, -0.2) is 13.6 Å². The Morgan fingerprint density at radius 2 is 2.12 bits per heavy atom. The summed E-state index contributed by atoms with van der Waals surface area (Å²) in [4.78, 5) is 10.6. The van der Waals surface area contributed by atoms with Crippen molar-refractivity contribution < 1.29 is 27.5 Å². The highest BCUT2D eigenvalue weighted by molar-refractivity contribution is 6.33. The molecule has 0 aliphatic heterocycles. The fourth-order valence-corrected chi connectivity index (χ4v) is 1.30. The summed E-state index contributed by atoms with van der Waals surface area (Å²) in [6, 6.07) is 0. The Morgan fingerprint density at radius 1 is 1.59 bits per heavy atom. The zero-order chi connectivity index (χ0) is 13.4. The predicted molar refractivity (Wildman–Crippen MR) is 49.9 cm³/mol. The van der Waals surface area contributed by atoms with E-state index in [-0.39, 0.29) is 10.7 Å². The van der Waals surface area contributed by atoms with Crippen molar-refractivity contribution >= 4 is 17.6 Å². The van der Waals surface area contributed by atoms with E-state index >= 15 is 0 Å². The van der Waals surface area contributed by atoms with Crippen molar-refractivity contribution in [3.05, 3.63) is 16.4 Å². The molecule has 0 aliphatic carbocycles. The monoisotopic (exact) mass is 274 g/mol. The Morgan fingerprint density at radius 3 is 2.47 bits per heavy atom. The van der Waals surface area contributed by atoms with Crippen LogP contribution in [0.15, 0.2) is 0 Å². The van der Waals surface area contributed by atoms with Gasteiger partial charge in [-0.1, -0.05) is 11.6 Å². The molecule has 0 amide bonds. The van der Waals surface area contributed by atoms with Crippen LogP contribution in [0.5, 0.6) is 0 Å². The number of hydrogen-bond donors (Lipinski definition) is 1. The van der Waals surface area contributed by atoms with Crippen LogP contribution in [-0.2, 0) is 6.54 Å². The van der Waals surface area contributed by atoms with Gasteiger partial charge in [-0.3, -0.25) is 4.68 Å². The van der Waals surface area contributed by atoms with Crippen LogP contribution in [0.2, 0.25) is 5.02 Å². The first kappa shape index (κ1) is 13.8. The van der Waals surface area contributed by atoms with Crippen LogP contribution >= 0.6 is 11.6 Å². The average molecular weight is 275 g/mol. The van der Waals surface area contributed by atoms with Gasteiger partial charge in [0.25, 0.3) is 0 Å². The molecule has 0 unspecified atom stereocenters. The van der Waals surface area contributed by atoms with E-state index in [4.69, 9.17) is 16.7 Å². The quantitative estimate of drug-likeness (QED) is 0.858. The number of alkyl halides is 4. The molecule has 9 heteroatoms. The van der Waals surface area contributed by atoms with Crippen molar-refractivity contribution in [3.8, 4) is 0 Å². The van der Waals surface area contributed by atoms with Crippen LogP contribution in [0.3, 0.4) is 0 Å². The lowest BCUT2D eigenvalue weighted by Crippen LogP contribution is -2.33. The molecule has 0 atom stereocenters. The van der Waals surface area contributed by atoms with Crippen molar-refractivity contribution in [1.82, 2.24) is 9.78 Å². The lowest BCUT2D eigenvalue weighted by atomic mass is 10.3. The molecule has 1 rings (SSSR count). The van der Waals surface area contributed by atoms with Gasteiger partial charge < -0.3 is 5.11 Å². The van der Waals surface area contributed by atoms with Crippen LogP contribution < -0.4 is 0 Å². The molecule has 0 saturated heterocycles. The molecule has 1 N–H and O–H groups in total. The Kier molecular flexibility index (Phi) is 3.65. The summed E-state index contributed by atoms with van der Waals surface area (Å²) in [6.07, 6.45) is -3.86. The summed E-state index contributed by atoms with van der Waals surface area (Å²) >= 11 is 5.52. The highest BCUT2D eigenvalue weighted by Crippen LogP contribution is 2.27. The molecule has 0 spiro atoms. The van der Waals surface area contributed by atoms with Crippen LogP contribution in [0.25, 0.3) is 0 Å². The molecule has 17 heavy (non-hydrogen) atoms. The van der Waals surface area contributed by atoms with Gasteiger partial charge in [0, 0.05) is 0 Å². The van der Waals surface area contributed by atoms with E-state index in [1.807, 2.05) is 0 Å². The van der Waals surface area contributed by atoms with Gasteiger partial charge >= 0.3 is 18.3 Å². The molecule has 0 fully saturated rings. The standard InChI is InChI=1S/C8H7ClF4N2O2/c1-3-4(9)5(6(16)17)14-15(3)2-8(12,13)7(10)11/h7H,2H2,1H3,(H,16,17). The highest BCUT2D eigenvalue weighted by atomic mass is 35.5. The van der Waals surface area contributed by atoms with Gasteiger partial charge in [0.1, 0.15) is 6.54 Å². The zero-order valence-electron chi connectivity index (χ0n) is 8.42. The first-order valence-corrected chi connectivity index (χ1v) is 4.66. The summed E-state index contributed by atoms with van der Waals surface area (Å²) in [7, 11) is 0. The van der Waals surface area contributed by atoms with E-state index in [9.17, 15) is 22.4 Å². The van der Waals surface area contributed by atoms with E-state index < -0.39 is 30.6 Å². The van der Waals surface area contributed by atoms with E-state index in [1.165, 1.54) is 6.92 Å². The molecule has 1 heterocycles. The van der Waals surface area contributed by atoms with Gasteiger partial charge in [0.05, 0.1) is 10.7 Å². The number of rotatable bonds is 4. The second-order valence-electron chi connectivity index (χ2n) is 3.27.